The number of rotatable bonds is 15. The lowest BCUT2D eigenvalue weighted by atomic mass is 9.97. The first-order valence-electron chi connectivity index (χ1n) is 11.7. The fraction of sp³-hybridized carbons (Fsp3) is 0.714. The number of carboxylic acids is 1. The van der Waals surface area contributed by atoms with E-state index in [1.54, 1.807) is 13.8 Å². The summed E-state index contributed by atoms with van der Waals surface area (Å²) in [6.07, 6.45) is 1.79. The van der Waals surface area contributed by atoms with Crippen LogP contribution in [0.15, 0.2) is 4.99 Å². The van der Waals surface area contributed by atoms with Gasteiger partial charge in [0.25, 0.3) is 0 Å². The molecule has 0 aromatic carbocycles. The number of carboxylic acid groups (broad SMARTS) is 1. The molecule has 5 unspecified atom stereocenters. The Labute approximate surface area is 204 Å². The Kier molecular flexibility index (Phi) is 12.5. The number of aliphatic imine (C=N–C) groups is 1. The van der Waals surface area contributed by atoms with E-state index in [1.165, 1.54) is 0 Å². The van der Waals surface area contributed by atoms with E-state index < -0.39 is 60.2 Å². The summed E-state index contributed by atoms with van der Waals surface area (Å²) in [6, 6.07) is -4.10. The SMILES string of the molecule is CCC(C)C(NC(=O)C(CC(N)=O)NC(=O)C1CCCN1)C(=O)NC(CCCN=C(N)N)C(=O)O. The number of primary amides is 1. The van der Waals surface area contributed by atoms with E-state index in [0.717, 1.165) is 6.42 Å². The average Bonchev–Trinajstić information content (AvgIpc) is 3.32. The summed E-state index contributed by atoms with van der Waals surface area (Å²) < 4.78 is 0. The van der Waals surface area contributed by atoms with Crippen LogP contribution in [0, 0.1) is 5.92 Å². The van der Waals surface area contributed by atoms with Gasteiger partial charge < -0.3 is 43.6 Å². The molecule has 35 heavy (non-hydrogen) atoms. The summed E-state index contributed by atoms with van der Waals surface area (Å²) in [6.45, 7) is 4.37. The zero-order valence-corrected chi connectivity index (χ0v) is 20.2. The van der Waals surface area contributed by atoms with Gasteiger partial charge in [-0.1, -0.05) is 20.3 Å². The van der Waals surface area contributed by atoms with Gasteiger partial charge in [0.05, 0.1) is 12.5 Å². The van der Waals surface area contributed by atoms with E-state index in [0.29, 0.717) is 25.8 Å². The minimum absolute atomic E-state index is 0.0633. The minimum atomic E-state index is -1.28. The van der Waals surface area contributed by atoms with Gasteiger partial charge in [0.15, 0.2) is 5.96 Å². The third-order valence-corrected chi connectivity index (χ3v) is 5.77. The maximum atomic E-state index is 13.0. The van der Waals surface area contributed by atoms with Crippen molar-refractivity contribution in [1.82, 2.24) is 21.3 Å². The van der Waals surface area contributed by atoms with Gasteiger partial charge in [-0.15, -0.1) is 0 Å². The molecule has 0 saturated carbocycles. The van der Waals surface area contributed by atoms with Crippen molar-refractivity contribution in [3.05, 3.63) is 0 Å². The van der Waals surface area contributed by atoms with Crippen LogP contribution in [0.5, 0.6) is 0 Å². The number of carbonyl (C=O) groups excluding carboxylic acids is 4. The van der Waals surface area contributed by atoms with Crippen molar-refractivity contribution < 1.29 is 29.1 Å². The first-order valence-corrected chi connectivity index (χ1v) is 11.7. The van der Waals surface area contributed by atoms with Gasteiger partial charge in [-0.25, -0.2) is 4.79 Å². The van der Waals surface area contributed by atoms with Gasteiger partial charge in [-0.3, -0.25) is 24.2 Å². The number of amides is 4. The fourth-order valence-corrected chi connectivity index (χ4v) is 3.57. The highest BCUT2D eigenvalue weighted by Crippen LogP contribution is 2.11. The lowest BCUT2D eigenvalue weighted by Crippen LogP contribution is -2.59. The molecule has 198 valence electrons. The van der Waals surface area contributed by atoms with Crippen LogP contribution < -0.4 is 38.5 Å². The van der Waals surface area contributed by atoms with Crippen molar-refractivity contribution >= 4 is 35.6 Å². The van der Waals surface area contributed by atoms with Crippen LogP contribution in [0.3, 0.4) is 0 Å². The third-order valence-electron chi connectivity index (χ3n) is 5.77. The van der Waals surface area contributed by atoms with Crippen molar-refractivity contribution in [3.63, 3.8) is 0 Å². The largest absolute Gasteiger partial charge is 0.480 e. The van der Waals surface area contributed by atoms with E-state index in [-0.39, 0.29) is 24.8 Å². The lowest BCUT2D eigenvalue weighted by Gasteiger charge is -2.28. The highest BCUT2D eigenvalue weighted by molar-refractivity contribution is 5.96. The predicted molar refractivity (Wildman–Crippen MR) is 128 cm³/mol. The molecule has 0 bridgehead atoms. The maximum absolute atomic E-state index is 13.0. The molecular formula is C21H38N8O6. The number of nitrogens with zero attached hydrogens (tertiary/aromatic N) is 1. The second-order valence-electron chi connectivity index (χ2n) is 8.60. The van der Waals surface area contributed by atoms with Crippen molar-refractivity contribution in [3.8, 4) is 0 Å². The molecule has 1 heterocycles. The van der Waals surface area contributed by atoms with E-state index >= 15 is 0 Å². The molecule has 0 spiro atoms. The number of aliphatic carboxylic acids is 1. The summed E-state index contributed by atoms with van der Waals surface area (Å²) in [5.74, 6) is -4.47. The number of hydrogen-bond acceptors (Lipinski definition) is 7. The molecule has 0 radical (unpaired) electrons. The Morgan fingerprint density at radius 2 is 1.74 bits per heavy atom. The lowest BCUT2D eigenvalue weighted by molar-refractivity contribution is -0.143. The first-order chi connectivity index (χ1) is 16.5. The molecular weight excluding hydrogens is 460 g/mol. The Hall–Kier alpha value is -3.42. The van der Waals surface area contributed by atoms with Crippen molar-refractivity contribution in [2.75, 3.05) is 13.1 Å². The molecule has 1 saturated heterocycles. The van der Waals surface area contributed by atoms with Gasteiger partial charge in [-0.05, 0) is 38.1 Å². The van der Waals surface area contributed by atoms with E-state index in [2.05, 4.69) is 26.3 Å². The van der Waals surface area contributed by atoms with Gasteiger partial charge in [0.2, 0.25) is 23.6 Å². The van der Waals surface area contributed by atoms with Crippen LogP contribution >= 0.6 is 0 Å². The zero-order chi connectivity index (χ0) is 26.5. The van der Waals surface area contributed by atoms with Crippen LogP contribution in [-0.2, 0) is 24.0 Å². The number of hydrogen-bond donors (Lipinski definition) is 8. The number of carbonyl (C=O) groups is 5. The van der Waals surface area contributed by atoms with Crippen LogP contribution in [0.4, 0.5) is 0 Å². The summed E-state index contributed by atoms with van der Waals surface area (Å²) in [4.78, 5) is 65.3. The zero-order valence-electron chi connectivity index (χ0n) is 20.2. The molecule has 14 heteroatoms. The second-order valence-corrected chi connectivity index (χ2v) is 8.60. The van der Waals surface area contributed by atoms with E-state index in [9.17, 15) is 29.1 Å². The monoisotopic (exact) mass is 498 g/mol. The van der Waals surface area contributed by atoms with Gasteiger partial charge in [0.1, 0.15) is 18.1 Å². The molecule has 5 atom stereocenters. The highest BCUT2D eigenvalue weighted by atomic mass is 16.4. The molecule has 0 aromatic rings. The molecule has 1 aliphatic heterocycles. The standard InChI is InChI=1S/C21H38N8O6/c1-3-11(2)16(19(33)27-13(20(34)35)7-5-9-26-21(23)24)29-18(32)14(10-15(22)30)28-17(31)12-6-4-8-25-12/h11-14,16,25H,3-10H2,1-2H3,(H2,22,30)(H,27,33)(H,28,31)(H,29,32)(H,34,35)(H4,23,24,26). The minimum Gasteiger partial charge on any atom is -0.480 e. The normalized spacial score (nSPS) is 18.4. The summed E-state index contributed by atoms with van der Waals surface area (Å²) in [7, 11) is 0. The molecule has 4 amide bonds. The van der Waals surface area contributed by atoms with Crippen LogP contribution in [-0.4, -0.2) is 77.9 Å². The first kappa shape index (κ1) is 29.6. The van der Waals surface area contributed by atoms with Crippen LogP contribution in [0.25, 0.3) is 0 Å². The number of guanidine groups is 1. The Morgan fingerprint density at radius 3 is 2.26 bits per heavy atom. The number of nitrogens with one attached hydrogen (secondary N) is 4. The molecule has 1 fully saturated rings. The molecule has 14 nitrogen and oxygen atoms in total. The molecule has 0 aromatic heterocycles. The highest BCUT2D eigenvalue weighted by Gasteiger charge is 2.34. The van der Waals surface area contributed by atoms with Crippen molar-refractivity contribution in [1.29, 1.82) is 0 Å². The molecule has 0 aliphatic carbocycles. The Bertz CT molecular complexity index is 795. The molecule has 1 rings (SSSR count). The van der Waals surface area contributed by atoms with Crippen LogP contribution in [0.2, 0.25) is 0 Å². The summed E-state index contributed by atoms with van der Waals surface area (Å²) in [5, 5.41) is 20.0. The van der Waals surface area contributed by atoms with E-state index in [4.69, 9.17) is 17.2 Å². The summed E-state index contributed by atoms with van der Waals surface area (Å²) in [5.41, 5.74) is 15.8. The fourth-order valence-electron chi connectivity index (χ4n) is 3.57. The van der Waals surface area contributed by atoms with Gasteiger partial charge in [0, 0.05) is 6.54 Å². The quantitative estimate of drug-likeness (QED) is 0.0661. The maximum Gasteiger partial charge on any atom is 0.326 e. The molecule has 11 N–H and O–H groups in total. The van der Waals surface area contributed by atoms with Gasteiger partial charge >= 0.3 is 5.97 Å². The average molecular weight is 499 g/mol. The third kappa shape index (κ3) is 10.6. The van der Waals surface area contributed by atoms with Crippen LogP contribution in [0.1, 0.15) is 52.4 Å². The van der Waals surface area contributed by atoms with Gasteiger partial charge in [-0.2, -0.15) is 0 Å². The van der Waals surface area contributed by atoms with Crippen molar-refractivity contribution in [2.45, 2.75) is 76.5 Å². The molecule has 1 aliphatic rings. The number of nitrogens with two attached hydrogens (primary N) is 3. The van der Waals surface area contributed by atoms with E-state index in [1.807, 2.05) is 0 Å². The van der Waals surface area contributed by atoms with Crippen molar-refractivity contribution in [2.24, 2.45) is 28.1 Å². The Balaban J connectivity index is 2.91. The predicted octanol–water partition coefficient (Wildman–Crippen LogP) is -2.75. The Morgan fingerprint density at radius 1 is 1.06 bits per heavy atom. The second kappa shape index (κ2) is 14.8. The smallest absolute Gasteiger partial charge is 0.326 e. The topological polar surface area (TPSA) is 244 Å². The summed E-state index contributed by atoms with van der Waals surface area (Å²) >= 11 is 0.